The number of halogens is 1. The molecule has 0 saturated carbocycles. The molecular formula is C13H28ClN3. The van der Waals surface area contributed by atoms with Gasteiger partial charge in [0.25, 0.3) is 0 Å². The second-order valence-corrected chi connectivity index (χ2v) is 6.52. The van der Waals surface area contributed by atoms with Gasteiger partial charge in [-0.1, -0.05) is 20.8 Å². The van der Waals surface area contributed by atoms with E-state index in [-0.39, 0.29) is 12.4 Å². The first-order chi connectivity index (χ1) is 7.54. The predicted molar refractivity (Wildman–Crippen MR) is 76.0 cm³/mol. The summed E-state index contributed by atoms with van der Waals surface area (Å²) in [6.45, 7) is 15.7. The van der Waals surface area contributed by atoms with E-state index in [1.807, 2.05) is 0 Å². The van der Waals surface area contributed by atoms with Gasteiger partial charge in [-0.3, -0.25) is 4.90 Å². The van der Waals surface area contributed by atoms with Crippen LogP contribution in [0.3, 0.4) is 0 Å². The van der Waals surface area contributed by atoms with Crippen LogP contribution in [0, 0.1) is 5.41 Å². The van der Waals surface area contributed by atoms with E-state index in [1.165, 1.54) is 52.2 Å². The third kappa shape index (κ3) is 4.74. The molecule has 0 radical (unpaired) electrons. The first-order valence-electron chi connectivity index (χ1n) is 6.72. The quantitative estimate of drug-likeness (QED) is 0.812. The normalized spacial score (nSPS) is 28.1. The van der Waals surface area contributed by atoms with Crippen LogP contribution >= 0.6 is 12.4 Å². The van der Waals surface area contributed by atoms with Crippen molar-refractivity contribution in [3.8, 4) is 0 Å². The molecule has 0 aromatic rings. The lowest BCUT2D eigenvalue weighted by Crippen LogP contribution is -2.49. The average Bonchev–Trinajstić information content (AvgIpc) is 2.65. The largest absolute Gasteiger partial charge is 0.314 e. The van der Waals surface area contributed by atoms with E-state index in [0.29, 0.717) is 5.41 Å². The molecule has 102 valence electrons. The van der Waals surface area contributed by atoms with Crippen molar-refractivity contribution in [2.45, 2.75) is 33.2 Å². The minimum Gasteiger partial charge on any atom is -0.314 e. The maximum atomic E-state index is 3.43. The number of likely N-dealkylation sites (tertiary alicyclic amines) is 1. The highest BCUT2D eigenvalue weighted by molar-refractivity contribution is 5.85. The molecule has 2 aliphatic rings. The molecule has 2 heterocycles. The van der Waals surface area contributed by atoms with Crippen LogP contribution in [0.2, 0.25) is 0 Å². The van der Waals surface area contributed by atoms with Crippen LogP contribution in [0.25, 0.3) is 0 Å². The Hall–Kier alpha value is 0.170. The molecule has 0 aromatic carbocycles. The van der Waals surface area contributed by atoms with Crippen molar-refractivity contribution >= 4 is 12.4 Å². The molecule has 1 atom stereocenters. The molecule has 4 heteroatoms. The molecule has 17 heavy (non-hydrogen) atoms. The predicted octanol–water partition coefficient (Wildman–Crippen LogP) is 1.43. The zero-order chi connectivity index (χ0) is 11.6. The first-order valence-corrected chi connectivity index (χ1v) is 6.72. The van der Waals surface area contributed by atoms with Crippen LogP contribution in [0.1, 0.15) is 27.2 Å². The van der Waals surface area contributed by atoms with Crippen molar-refractivity contribution in [3.63, 3.8) is 0 Å². The molecular weight excluding hydrogens is 234 g/mol. The Morgan fingerprint density at radius 3 is 2.35 bits per heavy atom. The topological polar surface area (TPSA) is 18.5 Å². The SMILES string of the molecule is CC(C)(C)CN1CCC(N2CCNCC2)C1.Cl. The molecule has 2 fully saturated rings. The fourth-order valence-corrected chi connectivity index (χ4v) is 2.97. The average molecular weight is 262 g/mol. The van der Waals surface area contributed by atoms with Gasteiger partial charge in [0.2, 0.25) is 0 Å². The lowest BCUT2D eigenvalue weighted by Gasteiger charge is -2.33. The lowest BCUT2D eigenvalue weighted by atomic mass is 9.96. The highest BCUT2D eigenvalue weighted by atomic mass is 35.5. The maximum absolute atomic E-state index is 3.43. The van der Waals surface area contributed by atoms with Crippen LogP contribution in [0.15, 0.2) is 0 Å². The second-order valence-electron chi connectivity index (χ2n) is 6.52. The molecule has 0 aliphatic carbocycles. The van der Waals surface area contributed by atoms with E-state index in [4.69, 9.17) is 0 Å². The highest BCUT2D eigenvalue weighted by Crippen LogP contribution is 2.21. The van der Waals surface area contributed by atoms with E-state index < -0.39 is 0 Å². The molecule has 0 amide bonds. The zero-order valence-corrected chi connectivity index (χ0v) is 12.4. The van der Waals surface area contributed by atoms with Crippen molar-refractivity contribution in [2.24, 2.45) is 5.41 Å². The number of nitrogens with one attached hydrogen (secondary N) is 1. The van der Waals surface area contributed by atoms with E-state index in [9.17, 15) is 0 Å². The van der Waals surface area contributed by atoms with E-state index in [0.717, 1.165) is 6.04 Å². The van der Waals surface area contributed by atoms with Crippen LogP contribution < -0.4 is 5.32 Å². The summed E-state index contributed by atoms with van der Waals surface area (Å²) in [6.07, 6.45) is 1.37. The van der Waals surface area contributed by atoms with Crippen molar-refractivity contribution in [2.75, 3.05) is 45.8 Å². The standard InChI is InChI=1S/C13H27N3.ClH/c1-13(2,3)11-15-7-4-12(10-15)16-8-5-14-6-9-16;/h12,14H,4-11H2,1-3H3;1H. The van der Waals surface area contributed by atoms with E-state index >= 15 is 0 Å². The summed E-state index contributed by atoms with van der Waals surface area (Å²) in [6, 6.07) is 0.824. The molecule has 3 nitrogen and oxygen atoms in total. The zero-order valence-electron chi connectivity index (χ0n) is 11.5. The summed E-state index contributed by atoms with van der Waals surface area (Å²) < 4.78 is 0. The fraction of sp³-hybridized carbons (Fsp3) is 1.00. The molecule has 2 saturated heterocycles. The molecule has 0 aromatic heterocycles. The van der Waals surface area contributed by atoms with Gasteiger partial charge in [-0.05, 0) is 18.4 Å². The third-order valence-corrected chi connectivity index (χ3v) is 3.61. The summed E-state index contributed by atoms with van der Waals surface area (Å²) in [5.74, 6) is 0. The van der Waals surface area contributed by atoms with Gasteiger partial charge in [0, 0.05) is 45.3 Å². The Bertz CT molecular complexity index is 221. The Morgan fingerprint density at radius 2 is 1.76 bits per heavy atom. The Balaban J connectivity index is 0.00000144. The third-order valence-electron chi connectivity index (χ3n) is 3.61. The summed E-state index contributed by atoms with van der Waals surface area (Å²) in [5.41, 5.74) is 0.443. The van der Waals surface area contributed by atoms with Crippen LogP contribution in [0.4, 0.5) is 0 Å². The number of piperazine rings is 1. The summed E-state index contributed by atoms with van der Waals surface area (Å²) >= 11 is 0. The van der Waals surface area contributed by atoms with E-state index in [2.05, 4.69) is 35.9 Å². The maximum Gasteiger partial charge on any atom is 0.0236 e. The van der Waals surface area contributed by atoms with Crippen LogP contribution in [0.5, 0.6) is 0 Å². The van der Waals surface area contributed by atoms with Crippen molar-refractivity contribution in [1.29, 1.82) is 0 Å². The van der Waals surface area contributed by atoms with Gasteiger partial charge < -0.3 is 10.2 Å². The molecule has 1 unspecified atom stereocenters. The molecule has 0 bridgehead atoms. The van der Waals surface area contributed by atoms with Gasteiger partial charge in [-0.15, -0.1) is 12.4 Å². The smallest absolute Gasteiger partial charge is 0.0236 e. The summed E-state index contributed by atoms with van der Waals surface area (Å²) in [5, 5.41) is 3.43. The number of hydrogen-bond acceptors (Lipinski definition) is 3. The van der Waals surface area contributed by atoms with Crippen molar-refractivity contribution in [3.05, 3.63) is 0 Å². The van der Waals surface area contributed by atoms with Crippen LogP contribution in [-0.2, 0) is 0 Å². The lowest BCUT2D eigenvalue weighted by molar-refractivity contribution is 0.160. The molecule has 1 N–H and O–H groups in total. The highest BCUT2D eigenvalue weighted by Gasteiger charge is 2.29. The van der Waals surface area contributed by atoms with Gasteiger partial charge in [-0.25, -0.2) is 0 Å². The van der Waals surface area contributed by atoms with Crippen LogP contribution in [-0.4, -0.2) is 61.7 Å². The fourth-order valence-electron chi connectivity index (χ4n) is 2.97. The summed E-state index contributed by atoms with van der Waals surface area (Å²) in [7, 11) is 0. The minimum absolute atomic E-state index is 0. The van der Waals surface area contributed by atoms with Crippen molar-refractivity contribution < 1.29 is 0 Å². The first kappa shape index (κ1) is 15.2. The van der Waals surface area contributed by atoms with Crippen molar-refractivity contribution in [1.82, 2.24) is 15.1 Å². The Morgan fingerprint density at radius 1 is 1.12 bits per heavy atom. The van der Waals surface area contributed by atoms with E-state index in [1.54, 1.807) is 0 Å². The number of hydrogen-bond donors (Lipinski definition) is 1. The Kier molecular flexibility index (Phi) is 5.71. The van der Waals surface area contributed by atoms with Gasteiger partial charge in [0.1, 0.15) is 0 Å². The monoisotopic (exact) mass is 261 g/mol. The molecule has 2 aliphatic heterocycles. The van der Waals surface area contributed by atoms with Gasteiger partial charge >= 0.3 is 0 Å². The number of nitrogens with zero attached hydrogens (tertiary/aromatic N) is 2. The number of rotatable bonds is 2. The second kappa shape index (κ2) is 6.37. The van der Waals surface area contributed by atoms with Gasteiger partial charge in [0.05, 0.1) is 0 Å². The Labute approximate surface area is 112 Å². The van der Waals surface area contributed by atoms with Gasteiger partial charge in [0.15, 0.2) is 0 Å². The van der Waals surface area contributed by atoms with Gasteiger partial charge in [-0.2, -0.15) is 0 Å². The molecule has 0 spiro atoms. The molecule has 2 rings (SSSR count). The minimum atomic E-state index is 0. The summed E-state index contributed by atoms with van der Waals surface area (Å²) in [4.78, 5) is 5.33.